The first kappa shape index (κ1) is 36.2. The van der Waals surface area contributed by atoms with Gasteiger partial charge in [0.1, 0.15) is 5.75 Å². The lowest BCUT2D eigenvalue weighted by Gasteiger charge is -2.39. The summed E-state index contributed by atoms with van der Waals surface area (Å²) in [6.45, 7) is 7.63. The molecule has 280 valence electrons. The van der Waals surface area contributed by atoms with Gasteiger partial charge in [0, 0.05) is 42.4 Å². The summed E-state index contributed by atoms with van der Waals surface area (Å²) in [6.07, 6.45) is 2.33. The van der Waals surface area contributed by atoms with Gasteiger partial charge in [-0.25, -0.2) is 0 Å². The lowest BCUT2D eigenvalue weighted by molar-refractivity contribution is -0.150. The summed E-state index contributed by atoms with van der Waals surface area (Å²) in [7, 11) is -0.891. The smallest absolute Gasteiger partial charge is 0.268 e. The zero-order valence-electron chi connectivity index (χ0n) is 31.5. The highest BCUT2D eigenvalue weighted by Gasteiger charge is 2.67. The second kappa shape index (κ2) is 14.1. The molecule has 54 heavy (non-hydrogen) atoms. The summed E-state index contributed by atoms with van der Waals surface area (Å²) >= 11 is 0. The van der Waals surface area contributed by atoms with Crippen LogP contribution in [0.15, 0.2) is 97.1 Å². The van der Waals surface area contributed by atoms with Crippen LogP contribution in [0.25, 0.3) is 0 Å². The molecular weight excluding hydrogens is 695 g/mol. The molecule has 3 amide bonds. The molecule has 0 saturated carbocycles. The van der Waals surface area contributed by atoms with E-state index in [1.54, 1.807) is 16.9 Å². The molecule has 4 aliphatic rings. The van der Waals surface area contributed by atoms with Crippen LogP contribution in [0.3, 0.4) is 0 Å². The van der Waals surface area contributed by atoms with Crippen LogP contribution in [0.1, 0.15) is 49.3 Å². The van der Waals surface area contributed by atoms with E-state index in [0.717, 1.165) is 52.3 Å². The van der Waals surface area contributed by atoms with Crippen molar-refractivity contribution in [3.63, 3.8) is 0 Å². The van der Waals surface area contributed by atoms with Gasteiger partial charge in [0.25, 0.3) is 5.91 Å². The number of amides is 3. The van der Waals surface area contributed by atoms with Crippen LogP contribution in [0.4, 0.5) is 17.1 Å². The van der Waals surface area contributed by atoms with Crippen molar-refractivity contribution < 1.29 is 29.0 Å². The van der Waals surface area contributed by atoms with E-state index in [2.05, 4.69) is 38.2 Å². The number of aliphatic hydroxyl groups is 1. The number of methoxy groups -OCH3 is 1. The summed E-state index contributed by atoms with van der Waals surface area (Å²) in [5, 5.41) is 11.7. The fourth-order valence-corrected chi connectivity index (χ4v) is 13.8. The number of aliphatic hydroxyl groups excluding tert-OH is 1. The van der Waals surface area contributed by atoms with Crippen molar-refractivity contribution in [1.29, 1.82) is 0 Å². The van der Waals surface area contributed by atoms with Crippen LogP contribution >= 0.6 is 0 Å². The number of benzene rings is 4. The Morgan fingerprint density at radius 1 is 0.926 bits per heavy atom. The summed E-state index contributed by atoms with van der Waals surface area (Å²) in [5.74, 6) is 0.234. The highest BCUT2D eigenvalue weighted by Crippen LogP contribution is 2.61. The minimum absolute atomic E-state index is 0.0697. The van der Waals surface area contributed by atoms with Crippen molar-refractivity contribution in [2.24, 2.45) is 5.92 Å². The molecule has 0 radical (unpaired) electrons. The van der Waals surface area contributed by atoms with Crippen LogP contribution in [-0.4, -0.2) is 68.2 Å². The van der Waals surface area contributed by atoms with Crippen molar-refractivity contribution in [3.8, 4) is 5.75 Å². The number of carbonyl (C=O) groups excluding carboxylic acids is 3. The molecule has 2 saturated heterocycles. The molecule has 4 aromatic rings. The SMILES string of the molecule is COc1ccc([Si](C)(C)[C@@H]2[C@@H](CC(=O)N3Cc4ccccc4C[C@H]3CO)O[C@]3(C(=O)N(c4ccccc4)c4ccc(N5CCCCC5=O)cc43)[C@H]2C)cc1. The van der Waals surface area contributed by atoms with E-state index in [1.165, 1.54) is 5.19 Å². The fraction of sp³-hybridized carbons (Fsp3) is 0.386. The third-order valence-electron chi connectivity index (χ3n) is 12.6. The molecule has 4 aliphatic heterocycles. The highest BCUT2D eigenvalue weighted by molar-refractivity contribution is 6.91. The van der Waals surface area contributed by atoms with Gasteiger partial charge in [0.05, 0.1) is 46.0 Å². The molecular formula is C44H49N3O6Si. The molecule has 5 atom stereocenters. The van der Waals surface area contributed by atoms with Gasteiger partial charge in [-0.1, -0.05) is 79.8 Å². The maximum Gasteiger partial charge on any atom is 0.268 e. The van der Waals surface area contributed by atoms with Gasteiger partial charge in [0.2, 0.25) is 11.8 Å². The van der Waals surface area contributed by atoms with Crippen LogP contribution in [0.2, 0.25) is 18.6 Å². The maximum absolute atomic E-state index is 15.4. The first-order chi connectivity index (χ1) is 26.1. The molecule has 0 aromatic heterocycles. The van der Waals surface area contributed by atoms with Gasteiger partial charge in [-0.3, -0.25) is 19.3 Å². The fourth-order valence-electron chi connectivity index (χ4n) is 9.84. The van der Waals surface area contributed by atoms with Crippen LogP contribution in [0.5, 0.6) is 5.75 Å². The molecule has 8 rings (SSSR count). The van der Waals surface area contributed by atoms with Crippen molar-refractivity contribution in [3.05, 3.63) is 114 Å². The molecule has 1 spiro atoms. The number of para-hydroxylation sites is 1. The van der Waals surface area contributed by atoms with Crippen LogP contribution in [-0.2, 0) is 37.7 Å². The molecule has 9 nitrogen and oxygen atoms in total. The second-order valence-electron chi connectivity index (χ2n) is 15.9. The van der Waals surface area contributed by atoms with Crippen LogP contribution in [0, 0.1) is 5.92 Å². The monoisotopic (exact) mass is 743 g/mol. The number of fused-ring (bicyclic) bond motifs is 3. The lowest BCUT2D eigenvalue weighted by atomic mass is 9.82. The van der Waals surface area contributed by atoms with Crippen molar-refractivity contribution in [2.45, 2.75) is 82.0 Å². The molecule has 2 fully saturated rings. The quantitative estimate of drug-likeness (QED) is 0.209. The standard InChI is InChI=1S/C44H49N3O6Si/c1-29-42(54(3,4)36-20-18-35(52-2)19-21-36)39(26-41(50)46-27-31-13-9-8-12-30(31)24-34(46)28-48)53-44(29)37-25-33(45-23-11-10-16-40(45)49)17-22-38(37)47(43(44)51)32-14-6-5-7-15-32/h5-9,12-15,17-22,25,29,34,39,42,48H,10-11,16,23-24,26-28H2,1-4H3/t29-,34-,39+,42-,44+/m0/s1. The van der Waals surface area contributed by atoms with Crippen molar-refractivity contribution in [1.82, 2.24) is 4.90 Å². The van der Waals surface area contributed by atoms with Crippen molar-refractivity contribution >= 4 is 48.0 Å². The Balaban J connectivity index is 1.25. The van der Waals surface area contributed by atoms with Crippen LogP contribution < -0.4 is 19.7 Å². The normalized spacial score (nSPS) is 25.2. The van der Waals surface area contributed by atoms with E-state index < -0.39 is 19.8 Å². The number of ether oxygens (including phenoxy) is 2. The minimum Gasteiger partial charge on any atom is -0.497 e. The first-order valence-electron chi connectivity index (χ1n) is 19.2. The average Bonchev–Trinajstić information content (AvgIpc) is 3.63. The van der Waals surface area contributed by atoms with Crippen molar-refractivity contribution in [2.75, 3.05) is 30.1 Å². The Kier molecular flexibility index (Phi) is 9.48. The summed E-state index contributed by atoms with van der Waals surface area (Å²) in [5.41, 5.74) is 3.62. The molecule has 10 heteroatoms. The van der Waals surface area contributed by atoms with E-state index >= 15 is 4.79 Å². The minimum atomic E-state index is -2.55. The Morgan fingerprint density at radius 2 is 1.65 bits per heavy atom. The zero-order chi connectivity index (χ0) is 37.8. The largest absolute Gasteiger partial charge is 0.497 e. The Morgan fingerprint density at radius 3 is 2.35 bits per heavy atom. The third-order valence-corrected chi connectivity index (χ3v) is 17.0. The van der Waals surface area contributed by atoms with Gasteiger partial charge in [-0.05, 0) is 78.4 Å². The van der Waals surface area contributed by atoms with E-state index in [0.29, 0.717) is 25.9 Å². The Bertz CT molecular complexity index is 2070. The predicted molar refractivity (Wildman–Crippen MR) is 212 cm³/mol. The summed E-state index contributed by atoms with van der Waals surface area (Å²) in [4.78, 5) is 48.7. The van der Waals surface area contributed by atoms with E-state index in [4.69, 9.17) is 9.47 Å². The van der Waals surface area contributed by atoms with E-state index in [1.807, 2.05) is 83.8 Å². The highest BCUT2D eigenvalue weighted by atomic mass is 28.3. The molecule has 0 unspecified atom stereocenters. The summed E-state index contributed by atoms with van der Waals surface area (Å²) < 4.78 is 12.9. The number of anilines is 3. The maximum atomic E-state index is 15.4. The topological polar surface area (TPSA) is 99.6 Å². The number of carbonyl (C=O) groups is 3. The molecule has 0 bridgehead atoms. The lowest BCUT2D eigenvalue weighted by Crippen LogP contribution is -2.52. The number of piperidine rings is 1. The molecule has 1 N–H and O–H groups in total. The first-order valence-corrected chi connectivity index (χ1v) is 22.3. The number of hydrogen-bond donors (Lipinski definition) is 1. The third kappa shape index (κ3) is 5.86. The van der Waals surface area contributed by atoms with Gasteiger partial charge in [0.15, 0.2) is 5.60 Å². The van der Waals surface area contributed by atoms with Gasteiger partial charge >= 0.3 is 0 Å². The Labute approximate surface area is 318 Å². The second-order valence-corrected chi connectivity index (χ2v) is 20.6. The molecule has 4 heterocycles. The molecule has 4 aromatic carbocycles. The van der Waals surface area contributed by atoms with Gasteiger partial charge in [-0.2, -0.15) is 0 Å². The average molecular weight is 744 g/mol. The van der Waals surface area contributed by atoms with E-state index in [-0.39, 0.29) is 48.3 Å². The number of rotatable bonds is 8. The predicted octanol–water partition coefficient (Wildman–Crippen LogP) is 6.44. The van der Waals surface area contributed by atoms with Gasteiger partial charge in [-0.15, -0.1) is 0 Å². The Hall–Kier alpha value is -4.77. The number of hydrogen-bond acceptors (Lipinski definition) is 6. The van der Waals surface area contributed by atoms with E-state index in [9.17, 15) is 14.7 Å². The number of nitrogens with zero attached hydrogens (tertiary/aromatic N) is 3. The molecule has 0 aliphatic carbocycles. The summed E-state index contributed by atoms with van der Waals surface area (Å²) in [6, 6.07) is 31.5. The zero-order valence-corrected chi connectivity index (χ0v) is 32.5. The van der Waals surface area contributed by atoms with Gasteiger partial charge < -0.3 is 24.4 Å².